The molecule has 1 aromatic rings. The average Bonchev–Trinajstić information content (AvgIpc) is 2.72. The van der Waals surface area contributed by atoms with Crippen molar-refractivity contribution in [3.05, 3.63) is 47.7 Å². The van der Waals surface area contributed by atoms with Crippen LogP contribution in [-0.4, -0.2) is 39.5 Å². The van der Waals surface area contributed by atoms with Crippen LogP contribution in [0, 0.1) is 0 Å². The van der Waals surface area contributed by atoms with Gasteiger partial charge in [-0.25, -0.2) is 5.06 Å². The second-order valence-electron chi connectivity index (χ2n) is 5.79. The minimum atomic E-state index is -1.16. The Morgan fingerprint density at radius 1 is 1.10 bits per heavy atom. The zero-order valence-electron chi connectivity index (χ0n) is 11.9. The van der Waals surface area contributed by atoms with E-state index in [1.807, 2.05) is 37.3 Å². The highest BCUT2D eigenvalue weighted by molar-refractivity contribution is 5.34. The molecule has 0 amide bonds. The molecule has 0 radical (unpaired) electrons. The summed E-state index contributed by atoms with van der Waals surface area (Å²) in [5.74, 6) is 0. The number of nitrogens with zero attached hydrogens (tertiary/aromatic N) is 2. The first kappa shape index (κ1) is 13.6. The van der Waals surface area contributed by atoms with Gasteiger partial charge in [0.2, 0.25) is 0 Å². The third-order valence-electron chi connectivity index (χ3n) is 4.39. The zero-order valence-corrected chi connectivity index (χ0v) is 11.9. The van der Waals surface area contributed by atoms with Crippen LogP contribution in [0.25, 0.3) is 0 Å². The van der Waals surface area contributed by atoms with Crippen molar-refractivity contribution in [2.75, 3.05) is 13.1 Å². The normalized spacial score (nSPS) is 31.4. The number of likely N-dealkylation sites (tertiary alicyclic amines) is 1. The quantitative estimate of drug-likeness (QED) is 0.868. The molecule has 0 unspecified atom stereocenters. The van der Waals surface area contributed by atoms with E-state index in [4.69, 9.17) is 0 Å². The molecule has 2 aliphatic rings. The highest BCUT2D eigenvalue weighted by Crippen LogP contribution is 2.40. The molecule has 3 rings (SSSR count). The van der Waals surface area contributed by atoms with Gasteiger partial charge in [0.05, 0.1) is 0 Å². The molecule has 0 aromatic heterocycles. The zero-order chi connectivity index (χ0) is 14.2. The van der Waals surface area contributed by atoms with Crippen LogP contribution >= 0.6 is 0 Å². The SMILES string of the molecule is CC1=C[C@@](O)(c2ccccc2)[C@@H](N2CCCCC2)N1O. The van der Waals surface area contributed by atoms with Gasteiger partial charge in [-0.05, 0) is 31.4 Å². The minimum Gasteiger partial charge on any atom is -0.377 e. The molecule has 2 atom stereocenters. The Balaban J connectivity index is 1.98. The van der Waals surface area contributed by atoms with Crippen molar-refractivity contribution >= 4 is 0 Å². The summed E-state index contributed by atoms with van der Waals surface area (Å²) in [5.41, 5.74) is 0.371. The van der Waals surface area contributed by atoms with Crippen molar-refractivity contribution in [1.29, 1.82) is 0 Å². The van der Waals surface area contributed by atoms with Gasteiger partial charge in [0.1, 0.15) is 11.8 Å². The molecule has 108 valence electrons. The van der Waals surface area contributed by atoms with Crippen molar-refractivity contribution in [3.8, 4) is 0 Å². The molecule has 0 bridgehead atoms. The van der Waals surface area contributed by atoms with Gasteiger partial charge in [-0.15, -0.1) is 0 Å². The molecule has 1 aromatic carbocycles. The van der Waals surface area contributed by atoms with E-state index in [1.54, 1.807) is 6.08 Å². The Labute approximate surface area is 119 Å². The number of hydrogen-bond donors (Lipinski definition) is 2. The number of aliphatic hydroxyl groups is 1. The fourth-order valence-electron chi connectivity index (χ4n) is 3.37. The summed E-state index contributed by atoms with van der Waals surface area (Å²) in [6, 6.07) is 9.61. The maximum Gasteiger partial charge on any atom is 0.146 e. The van der Waals surface area contributed by atoms with E-state index in [0.717, 1.165) is 31.5 Å². The largest absolute Gasteiger partial charge is 0.377 e. The van der Waals surface area contributed by atoms with Crippen molar-refractivity contribution in [1.82, 2.24) is 9.96 Å². The number of benzene rings is 1. The smallest absolute Gasteiger partial charge is 0.146 e. The molecule has 0 spiro atoms. The fourth-order valence-corrected chi connectivity index (χ4v) is 3.37. The Morgan fingerprint density at radius 3 is 2.40 bits per heavy atom. The minimum absolute atomic E-state index is 0.426. The predicted octanol–water partition coefficient (Wildman–Crippen LogP) is 2.29. The van der Waals surface area contributed by atoms with Crippen LogP contribution in [0.15, 0.2) is 42.1 Å². The van der Waals surface area contributed by atoms with E-state index in [-0.39, 0.29) is 0 Å². The molecular formula is C16H22N2O2. The lowest BCUT2D eigenvalue weighted by atomic mass is 9.90. The fraction of sp³-hybridized carbons (Fsp3) is 0.500. The predicted molar refractivity (Wildman–Crippen MR) is 76.9 cm³/mol. The van der Waals surface area contributed by atoms with Gasteiger partial charge in [0.25, 0.3) is 0 Å². The Morgan fingerprint density at radius 2 is 1.75 bits per heavy atom. The van der Waals surface area contributed by atoms with Crippen molar-refractivity contribution in [2.24, 2.45) is 0 Å². The van der Waals surface area contributed by atoms with E-state index >= 15 is 0 Å². The Kier molecular flexibility index (Phi) is 3.54. The van der Waals surface area contributed by atoms with Gasteiger partial charge in [-0.1, -0.05) is 36.8 Å². The molecular weight excluding hydrogens is 252 g/mol. The maximum atomic E-state index is 11.2. The lowest BCUT2D eigenvalue weighted by Gasteiger charge is -2.42. The first-order valence-electron chi connectivity index (χ1n) is 7.32. The third kappa shape index (κ3) is 2.14. The lowest BCUT2D eigenvalue weighted by molar-refractivity contribution is -0.187. The highest BCUT2D eigenvalue weighted by Gasteiger charge is 2.48. The van der Waals surface area contributed by atoms with Crippen LogP contribution in [0.2, 0.25) is 0 Å². The van der Waals surface area contributed by atoms with Crippen LogP contribution in [0.5, 0.6) is 0 Å². The van der Waals surface area contributed by atoms with Crippen LogP contribution in [0.4, 0.5) is 0 Å². The van der Waals surface area contributed by atoms with Crippen LogP contribution in [-0.2, 0) is 5.60 Å². The van der Waals surface area contributed by atoms with E-state index in [9.17, 15) is 10.3 Å². The van der Waals surface area contributed by atoms with Crippen LogP contribution < -0.4 is 0 Å². The van der Waals surface area contributed by atoms with Gasteiger partial charge >= 0.3 is 0 Å². The summed E-state index contributed by atoms with van der Waals surface area (Å²) < 4.78 is 0. The monoisotopic (exact) mass is 274 g/mol. The first-order chi connectivity index (χ1) is 9.63. The van der Waals surface area contributed by atoms with Crippen molar-refractivity contribution in [2.45, 2.75) is 38.0 Å². The maximum absolute atomic E-state index is 11.2. The van der Waals surface area contributed by atoms with Gasteiger partial charge in [-0.3, -0.25) is 10.1 Å². The van der Waals surface area contributed by atoms with Gasteiger partial charge in [0.15, 0.2) is 0 Å². The summed E-state index contributed by atoms with van der Waals surface area (Å²) in [7, 11) is 0. The number of piperidine rings is 1. The average molecular weight is 274 g/mol. The van der Waals surface area contributed by atoms with Gasteiger partial charge in [0, 0.05) is 18.8 Å². The summed E-state index contributed by atoms with van der Waals surface area (Å²) in [6.45, 7) is 3.66. The number of hydroxylamine groups is 2. The molecule has 20 heavy (non-hydrogen) atoms. The topological polar surface area (TPSA) is 46.9 Å². The third-order valence-corrected chi connectivity index (χ3v) is 4.39. The first-order valence-corrected chi connectivity index (χ1v) is 7.32. The van der Waals surface area contributed by atoms with Gasteiger partial charge in [-0.2, -0.15) is 0 Å². The molecule has 1 fully saturated rings. The number of hydrogen-bond acceptors (Lipinski definition) is 4. The van der Waals surface area contributed by atoms with Crippen LogP contribution in [0.1, 0.15) is 31.7 Å². The molecule has 2 aliphatic heterocycles. The Hall–Kier alpha value is -1.36. The highest BCUT2D eigenvalue weighted by atomic mass is 16.5. The van der Waals surface area contributed by atoms with E-state index in [0.29, 0.717) is 5.70 Å². The molecule has 2 N–H and O–H groups in total. The van der Waals surface area contributed by atoms with E-state index < -0.39 is 11.8 Å². The molecule has 0 aliphatic carbocycles. The van der Waals surface area contributed by atoms with Crippen LogP contribution in [0.3, 0.4) is 0 Å². The number of rotatable bonds is 2. The van der Waals surface area contributed by atoms with E-state index in [2.05, 4.69) is 4.90 Å². The van der Waals surface area contributed by atoms with Crippen molar-refractivity contribution in [3.63, 3.8) is 0 Å². The molecule has 4 nitrogen and oxygen atoms in total. The lowest BCUT2D eigenvalue weighted by Crippen LogP contribution is -2.55. The summed E-state index contributed by atoms with van der Waals surface area (Å²) >= 11 is 0. The van der Waals surface area contributed by atoms with Crippen molar-refractivity contribution < 1.29 is 10.3 Å². The summed E-state index contributed by atoms with van der Waals surface area (Å²) in [6.07, 6.45) is 4.81. The standard InChI is InChI=1S/C16H22N2O2/c1-13-12-16(19,14-8-4-2-5-9-14)15(18(13)20)17-10-6-3-7-11-17/h2,4-5,8-9,12,15,19-20H,3,6-7,10-11H2,1H3/t15-,16+/m0/s1. The summed E-state index contributed by atoms with van der Waals surface area (Å²) in [5, 5.41) is 22.8. The molecule has 2 heterocycles. The molecule has 4 heteroatoms. The summed E-state index contributed by atoms with van der Waals surface area (Å²) in [4.78, 5) is 2.18. The second-order valence-corrected chi connectivity index (χ2v) is 5.79. The number of allylic oxidation sites excluding steroid dienone is 1. The molecule has 0 saturated carbocycles. The molecule has 1 saturated heterocycles. The second kappa shape index (κ2) is 5.20. The van der Waals surface area contributed by atoms with E-state index in [1.165, 1.54) is 11.5 Å². The Bertz CT molecular complexity index is 496. The van der Waals surface area contributed by atoms with Gasteiger partial charge < -0.3 is 5.11 Å².